The fourth-order valence-corrected chi connectivity index (χ4v) is 4.90. The van der Waals surface area contributed by atoms with Crippen LogP contribution in [0.25, 0.3) is 0 Å². The van der Waals surface area contributed by atoms with E-state index in [0.717, 1.165) is 12.8 Å². The van der Waals surface area contributed by atoms with E-state index in [0.29, 0.717) is 13.0 Å². The van der Waals surface area contributed by atoms with Crippen molar-refractivity contribution in [2.45, 2.75) is 30.3 Å². The Bertz CT molecular complexity index is 510. The quantitative estimate of drug-likeness (QED) is 0.845. The molecule has 0 radical (unpaired) electrons. The molecule has 2 rings (SSSR count). The summed E-state index contributed by atoms with van der Waals surface area (Å²) in [6, 6.07) is -0.356. The molecule has 0 bridgehead atoms. The molecule has 102 valence electrons. The van der Waals surface area contributed by atoms with Crippen LogP contribution >= 0.6 is 15.9 Å². The van der Waals surface area contributed by atoms with E-state index < -0.39 is 10.0 Å². The van der Waals surface area contributed by atoms with Gasteiger partial charge in [0.25, 0.3) is 10.0 Å². The largest absolute Gasteiger partial charge is 0.395 e. The third-order valence-electron chi connectivity index (χ3n) is 3.07. The number of aromatic nitrogens is 3. The zero-order valence-corrected chi connectivity index (χ0v) is 12.4. The molecule has 1 aliphatic heterocycles. The van der Waals surface area contributed by atoms with Crippen LogP contribution in [-0.4, -0.2) is 52.0 Å². The number of halogens is 1. The summed E-state index contributed by atoms with van der Waals surface area (Å²) < 4.78 is 27.9. The summed E-state index contributed by atoms with van der Waals surface area (Å²) in [4.78, 5) is 0. The molecule has 1 atom stereocenters. The highest BCUT2D eigenvalue weighted by atomic mass is 79.9. The van der Waals surface area contributed by atoms with Gasteiger partial charge in [0, 0.05) is 19.6 Å². The Labute approximate surface area is 114 Å². The smallest absolute Gasteiger partial charge is 0.263 e. The topological polar surface area (TPSA) is 88.3 Å². The maximum atomic E-state index is 12.5. The lowest BCUT2D eigenvalue weighted by molar-refractivity contribution is 0.154. The molecular formula is C9H15BrN4O3S. The van der Waals surface area contributed by atoms with E-state index in [1.807, 2.05) is 0 Å². The highest BCUT2D eigenvalue weighted by Crippen LogP contribution is 2.27. The van der Waals surface area contributed by atoms with Crippen molar-refractivity contribution in [3.8, 4) is 0 Å². The maximum absolute atomic E-state index is 12.5. The van der Waals surface area contributed by atoms with E-state index in [1.54, 1.807) is 0 Å². The number of aliphatic hydroxyl groups excluding tert-OH is 1. The predicted octanol–water partition coefficient (Wildman–Crippen LogP) is 0.113. The van der Waals surface area contributed by atoms with Gasteiger partial charge >= 0.3 is 0 Å². The van der Waals surface area contributed by atoms with Crippen molar-refractivity contribution >= 4 is 26.0 Å². The Kier molecular flexibility index (Phi) is 4.05. The lowest BCUT2D eigenvalue weighted by atomic mass is 10.1. The molecule has 1 saturated heterocycles. The average Bonchev–Trinajstić information content (AvgIpc) is 2.69. The van der Waals surface area contributed by atoms with Gasteiger partial charge in [0.05, 0.1) is 6.61 Å². The Balaban J connectivity index is 2.41. The number of piperidine rings is 1. The van der Waals surface area contributed by atoms with Gasteiger partial charge in [0.2, 0.25) is 5.03 Å². The number of aliphatic hydroxyl groups is 1. The highest BCUT2D eigenvalue weighted by Gasteiger charge is 2.36. The fraction of sp³-hybridized carbons (Fsp3) is 0.778. The highest BCUT2D eigenvalue weighted by molar-refractivity contribution is 9.10. The molecule has 0 amide bonds. The van der Waals surface area contributed by atoms with Crippen molar-refractivity contribution < 1.29 is 13.5 Å². The van der Waals surface area contributed by atoms with Gasteiger partial charge in [0.15, 0.2) is 4.60 Å². The van der Waals surface area contributed by atoms with Crippen molar-refractivity contribution in [3.05, 3.63) is 4.60 Å². The first kappa shape index (κ1) is 13.9. The Hall–Kier alpha value is -0.510. The van der Waals surface area contributed by atoms with Gasteiger partial charge in [0.1, 0.15) is 0 Å². The Morgan fingerprint density at radius 3 is 2.78 bits per heavy atom. The summed E-state index contributed by atoms with van der Waals surface area (Å²) in [6.07, 6.45) is 2.42. The Morgan fingerprint density at radius 1 is 1.50 bits per heavy atom. The summed E-state index contributed by atoms with van der Waals surface area (Å²) in [5, 5.41) is 16.7. The first-order chi connectivity index (χ1) is 8.48. The normalized spacial score (nSPS) is 22.3. The van der Waals surface area contributed by atoms with Crippen molar-refractivity contribution in [2.75, 3.05) is 13.2 Å². The van der Waals surface area contributed by atoms with E-state index in [4.69, 9.17) is 0 Å². The number of hydrogen-bond acceptors (Lipinski definition) is 5. The second-order valence-electron chi connectivity index (χ2n) is 4.26. The number of aryl methyl sites for hydroxylation is 1. The molecule has 2 heterocycles. The van der Waals surface area contributed by atoms with Crippen LogP contribution in [-0.2, 0) is 17.1 Å². The minimum absolute atomic E-state index is 0.0304. The molecule has 1 aromatic rings. The van der Waals surface area contributed by atoms with Crippen LogP contribution in [0.2, 0.25) is 0 Å². The lowest BCUT2D eigenvalue weighted by Crippen LogP contribution is -2.46. The van der Waals surface area contributed by atoms with Crippen molar-refractivity contribution in [1.82, 2.24) is 19.3 Å². The van der Waals surface area contributed by atoms with E-state index >= 15 is 0 Å². The summed E-state index contributed by atoms with van der Waals surface area (Å²) in [5.41, 5.74) is 0. The number of rotatable bonds is 3. The zero-order chi connectivity index (χ0) is 13.3. The van der Waals surface area contributed by atoms with E-state index in [-0.39, 0.29) is 22.3 Å². The fourth-order valence-electron chi connectivity index (χ4n) is 2.18. The molecule has 0 aromatic carbocycles. The van der Waals surface area contributed by atoms with Gasteiger partial charge in [-0.15, -0.1) is 5.10 Å². The zero-order valence-electron chi connectivity index (χ0n) is 9.95. The van der Waals surface area contributed by atoms with Crippen LogP contribution in [0.3, 0.4) is 0 Å². The molecule has 1 unspecified atom stereocenters. The van der Waals surface area contributed by atoms with Crippen molar-refractivity contribution in [1.29, 1.82) is 0 Å². The second kappa shape index (κ2) is 5.24. The molecule has 9 heteroatoms. The molecular weight excluding hydrogens is 324 g/mol. The van der Waals surface area contributed by atoms with E-state index in [2.05, 4.69) is 26.2 Å². The van der Waals surface area contributed by atoms with E-state index in [9.17, 15) is 13.5 Å². The molecule has 1 N–H and O–H groups in total. The monoisotopic (exact) mass is 338 g/mol. The standard InChI is InChI=1S/C9H15BrN4O3S/c1-13-9(8(10)11-12-13)18(16,17)14-5-3-2-4-7(14)6-15/h7,15H,2-6H2,1H3. The molecule has 18 heavy (non-hydrogen) atoms. The minimum Gasteiger partial charge on any atom is -0.395 e. The van der Waals surface area contributed by atoms with Crippen LogP contribution in [0.4, 0.5) is 0 Å². The number of sulfonamides is 1. The van der Waals surface area contributed by atoms with Gasteiger partial charge < -0.3 is 5.11 Å². The lowest BCUT2D eigenvalue weighted by Gasteiger charge is -2.33. The number of hydrogen-bond donors (Lipinski definition) is 1. The summed E-state index contributed by atoms with van der Waals surface area (Å²) in [6.45, 7) is 0.257. The molecule has 0 aliphatic carbocycles. The van der Waals surface area contributed by atoms with Gasteiger partial charge in [-0.2, -0.15) is 4.31 Å². The van der Waals surface area contributed by atoms with Crippen molar-refractivity contribution in [2.24, 2.45) is 7.05 Å². The second-order valence-corrected chi connectivity index (χ2v) is 6.81. The van der Waals surface area contributed by atoms with Gasteiger partial charge in [-0.05, 0) is 28.8 Å². The van der Waals surface area contributed by atoms with Crippen LogP contribution < -0.4 is 0 Å². The first-order valence-electron chi connectivity index (χ1n) is 5.66. The van der Waals surface area contributed by atoms with Crippen LogP contribution in [0.15, 0.2) is 9.63 Å². The summed E-state index contributed by atoms with van der Waals surface area (Å²) >= 11 is 3.10. The van der Waals surface area contributed by atoms with Crippen LogP contribution in [0, 0.1) is 0 Å². The molecule has 0 spiro atoms. The molecule has 1 fully saturated rings. The SMILES string of the molecule is Cn1nnc(Br)c1S(=O)(=O)N1CCCCC1CO. The number of nitrogens with zero attached hydrogens (tertiary/aromatic N) is 4. The minimum atomic E-state index is -3.68. The van der Waals surface area contributed by atoms with Crippen LogP contribution in [0.1, 0.15) is 19.3 Å². The first-order valence-corrected chi connectivity index (χ1v) is 7.89. The summed E-state index contributed by atoms with van der Waals surface area (Å²) in [5.74, 6) is 0. The van der Waals surface area contributed by atoms with Gasteiger partial charge in [-0.3, -0.25) is 0 Å². The third kappa shape index (κ3) is 2.31. The van der Waals surface area contributed by atoms with Gasteiger partial charge in [-0.1, -0.05) is 11.6 Å². The Morgan fingerprint density at radius 2 is 2.22 bits per heavy atom. The molecule has 0 saturated carbocycles. The third-order valence-corrected chi connectivity index (χ3v) is 5.92. The van der Waals surface area contributed by atoms with Gasteiger partial charge in [-0.25, -0.2) is 13.1 Å². The molecule has 7 nitrogen and oxygen atoms in total. The molecule has 1 aromatic heterocycles. The predicted molar refractivity (Wildman–Crippen MR) is 67.3 cm³/mol. The molecule has 1 aliphatic rings. The van der Waals surface area contributed by atoms with E-state index in [1.165, 1.54) is 16.0 Å². The van der Waals surface area contributed by atoms with Crippen molar-refractivity contribution in [3.63, 3.8) is 0 Å². The summed E-state index contributed by atoms with van der Waals surface area (Å²) in [7, 11) is -2.15. The maximum Gasteiger partial charge on any atom is 0.263 e. The van der Waals surface area contributed by atoms with Crippen LogP contribution in [0.5, 0.6) is 0 Å². The average molecular weight is 339 g/mol.